The van der Waals surface area contributed by atoms with Crippen LogP contribution in [0.3, 0.4) is 0 Å². The molecule has 5 nitrogen and oxygen atoms in total. The van der Waals surface area contributed by atoms with Crippen LogP contribution in [0.2, 0.25) is 5.02 Å². The minimum absolute atomic E-state index is 0.0367. The van der Waals surface area contributed by atoms with Gasteiger partial charge in [-0.1, -0.05) is 11.6 Å². The summed E-state index contributed by atoms with van der Waals surface area (Å²) in [6.45, 7) is 1.63. The summed E-state index contributed by atoms with van der Waals surface area (Å²) in [7, 11) is -2.41. The number of hydrogen-bond donors (Lipinski definition) is 1. The zero-order valence-electron chi connectivity index (χ0n) is 12.2. The van der Waals surface area contributed by atoms with Crippen LogP contribution in [0.5, 0.6) is 11.5 Å². The summed E-state index contributed by atoms with van der Waals surface area (Å²) in [5.74, 6) is -0.0506. The van der Waals surface area contributed by atoms with Crippen molar-refractivity contribution in [3.63, 3.8) is 0 Å². The van der Waals surface area contributed by atoms with Crippen LogP contribution in [0.4, 0.5) is 4.39 Å². The fourth-order valence-electron chi connectivity index (χ4n) is 2.52. The molecule has 23 heavy (non-hydrogen) atoms. The van der Waals surface area contributed by atoms with E-state index in [2.05, 4.69) is 0 Å². The van der Waals surface area contributed by atoms with Crippen molar-refractivity contribution in [1.82, 2.24) is 4.31 Å². The van der Waals surface area contributed by atoms with E-state index in [9.17, 15) is 17.9 Å². The summed E-state index contributed by atoms with van der Waals surface area (Å²) in [5.41, 5.74) is 0.718. The van der Waals surface area contributed by atoms with Crippen molar-refractivity contribution in [3.05, 3.63) is 52.3 Å². The van der Waals surface area contributed by atoms with Gasteiger partial charge in [-0.05, 0) is 31.2 Å². The van der Waals surface area contributed by atoms with Gasteiger partial charge in [0.05, 0.1) is 4.90 Å². The third-order valence-corrected chi connectivity index (χ3v) is 5.84. The largest absolute Gasteiger partial charge is 0.457 e. The quantitative estimate of drug-likeness (QED) is 0.896. The maximum absolute atomic E-state index is 13.4. The molecule has 0 amide bonds. The molecule has 122 valence electrons. The second kappa shape index (κ2) is 5.45. The monoisotopic (exact) mass is 357 g/mol. The van der Waals surface area contributed by atoms with E-state index in [1.807, 2.05) is 0 Å². The van der Waals surface area contributed by atoms with Crippen molar-refractivity contribution in [2.75, 3.05) is 7.05 Å². The van der Waals surface area contributed by atoms with Crippen LogP contribution in [0.1, 0.15) is 17.4 Å². The normalized spacial score (nSPS) is 19.6. The molecule has 1 unspecified atom stereocenters. The van der Waals surface area contributed by atoms with Crippen LogP contribution < -0.4 is 4.74 Å². The van der Waals surface area contributed by atoms with E-state index in [0.29, 0.717) is 11.3 Å². The number of aliphatic hydroxyl groups is 1. The summed E-state index contributed by atoms with van der Waals surface area (Å²) in [5, 5.41) is 10.3. The van der Waals surface area contributed by atoms with E-state index in [1.165, 1.54) is 25.2 Å². The summed E-state index contributed by atoms with van der Waals surface area (Å²) < 4.78 is 44.2. The van der Waals surface area contributed by atoms with Crippen LogP contribution in [0.25, 0.3) is 0 Å². The van der Waals surface area contributed by atoms with Gasteiger partial charge in [-0.25, -0.2) is 12.8 Å². The highest BCUT2D eigenvalue weighted by molar-refractivity contribution is 7.89. The zero-order chi connectivity index (χ0) is 16.9. The van der Waals surface area contributed by atoms with Gasteiger partial charge in [0.25, 0.3) is 0 Å². The Hall–Kier alpha value is -1.67. The maximum atomic E-state index is 13.4. The summed E-state index contributed by atoms with van der Waals surface area (Å²) >= 11 is 5.78. The van der Waals surface area contributed by atoms with Crippen molar-refractivity contribution in [2.45, 2.75) is 18.0 Å². The van der Waals surface area contributed by atoms with Crippen molar-refractivity contribution >= 4 is 21.6 Å². The van der Waals surface area contributed by atoms with Crippen molar-refractivity contribution in [1.29, 1.82) is 0 Å². The molecule has 1 aliphatic heterocycles. The molecule has 8 heteroatoms. The number of aliphatic hydroxyl groups excluding tert-OH is 1. The Kier molecular flexibility index (Phi) is 3.84. The molecule has 0 bridgehead atoms. The van der Waals surface area contributed by atoms with Gasteiger partial charge >= 0.3 is 0 Å². The van der Waals surface area contributed by atoms with Crippen LogP contribution in [0.15, 0.2) is 35.2 Å². The van der Waals surface area contributed by atoms with Gasteiger partial charge in [0.1, 0.15) is 23.5 Å². The lowest BCUT2D eigenvalue weighted by Gasteiger charge is -2.15. The number of sulfonamides is 1. The van der Waals surface area contributed by atoms with E-state index in [0.717, 1.165) is 16.4 Å². The van der Waals surface area contributed by atoms with E-state index < -0.39 is 22.1 Å². The number of nitrogens with zero attached hydrogens (tertiary/aromatic N) is 1. The first-order chi connectivity index (χ1) is 10.7. The average Bonchev–Trinajstić information content (AvgIpc) is 2.62. The molecule has 1 N–H and O–H groups in total. The molecule has 0 aliphatic carbocycles. The van der Waals surface area contributed by atoms with Crippen molar-refractivity contribution < 1.29 is 22.7 Å². The lowest BCUT2D eigenvalue weighted by Crippen LogP contribution is -2.23. The number of benzene rings is 2. The molecule has 2 aromatic carbocycles. The first kappa shape index (κ1) is 16.2. The first-order valence-corrected chi connectivity index (χ1v) is 8.47. The molecular formula is C15H13ClFNO4S. The van der Waals surface area contributed by atoms with E-state index in [4.69, 9.17) is 16.3 Å². The molecule has 1 heterocycles. The van der Waals surface area contributed by atoms with Crippen LogP contribution in [-0.4, -0.2) is 24.9 Å². The van der Waals surface area contributed by atoms with Crippen LogP contribution in [-0.2, 0) is 10.0 Å². The smallest absolute Gasteiger partial charge is 0.245 e. The van der Waals surface area contributed by atoms with Gasteiger partial charge in [0.2, 0.25) is 10.0 Å². The molecule has 1 aliphatic rings. The van der Waals surface area contributed by atoms with Crippen molar-refractivity contribution in [3.8, 4) is 11.5 Å². The van der Waals surface area contributed by atoms with Gasteiger partial charge in [-0.2, -0.15) is 4.31 Å². The standard InChI is InChI=1S/C15H13ClFNO4S/c1-8-12(22-11-6-9(16)5-10(17)7-11)3-4-13-14(8)15(19)18(2)23(13,20)21/h3-7,15,19H,1-2H3. The minimum Gasteiger partial charge on any atom is -0.457 e. The molecule has 1 atom stereocenters. The molecule has 0 spiro atoms. The van der Waals surface area contributed by atoms with E-state index >= 15 is 0 Å². The number of ether oxygens (including phenoxy) is 1. The first-order valence-electron chi connectivity index (χ1n) is 6.65. The summed E-state index contributed by atoms with van der Waals surface area (Å²) in [4.78, 5) is 0.0367. The Bertz CT molecular complexity index is 880. The van der Waals surface area contributed by atoms with Crippen LogP contribution in [0, 0.1) is 12.7 Å². The predicted octanol–water partition coefficient (Wildman–Crippen LogP) is 3.20. The van der Waals surface area contributed by atoms with Gasteiger partial charge in [-0.3, -0.25) is 0 Å². The highest BCUT2D eigenvalue weighted by Crippen LogP contribution is 2.42. The second-order valence-electron chi connectivity index (χ2n) is 5.20. The zero-order valence-corrected chi connectivity index (χ0v) is 13.8. The third-order valence-electron chi connectivity index (χ3n) is 3.75. The molecule has 0 radical (unpaired) electrons. The van der Waals surface area contributed by atoms with E-state index in [1.54, 1.807) is 6.92 Å². The Morgan fingerprint density at radius 2 is 2.00 bits per heavy atom. The van der Waals surface area contributed by atoms with Gasteiger partial charge in [0.15, 0.2) is 0 Å². The topological polar surface area (TPSA) is 66.8 Å². The van der Waals surface area contributed by atoms with E-state index in [-0.39, 0.29) is 21.2 Å². The van der Waals surface area contributed by atoms with Gasteiger partial charge < -0.3 is 9.84 Å². The highest BCUT2D eigenvalue weighted by Gasteiger charge is 2.41. The second-order valence-corrected chi connectivity index (χ2v) is 7.61. The van der Waals surface area contributed by atoms with Gasteiger partial charge in [0, 0.05) is 29.3 Å². The lowest BCUT2D eigenvalue weighted by atomic mass is 10.1. The Morgan fingerprint density at radius 1 is 1.30 bits per heavy atom. The molecular weight excluding hydrogens is 345 g/mol. The molecule has 0 fully saturated rings. The summed E-state index contributed by atoms with van der Waals surface area (Å²) in [6.07, 6.45) is -1.28. The highest BCUT2D eigenvalue weighted by atomic mass is 35.5. The lowest BCUT2D eigenvalue weighted by molar-refractivity contribution is 0.0843. The predicted molar refractivity (Wildman–Crippen MR) is 82.6 cm³/mol. The molecule has 0 aromatic heterocycles. The molecule has 3 rings (SSSR count). The minimum atomic E-state index is -3.71. The molecule has 0 saturated heterocycles. The molecule has 0 saturated carbocycles. The fourth-order valence-corrected chi connectivity index (χ4v) is 4.19. The van der Waals surface area contributed by atoms with Gasteiger partial charge in [-0.15, -0.1) is 0 Å². The Labute approximate surface area is 137 Å². The van der Waals surface area contributed by atoms with Crippen LogP contribution >= 0.6 is 11.6 Å². The number of rotatable bonds is 2. The maximum Gasteiger partial charge on any atom is 0.245 e. The number of halogens is 2. The van der Waals surface area contributed by atoms with Crippen molar-refractivity contribution in [2.24, 2.45) is 0 Å². The number of hydrogen-bond acceptors (Lipinski definition) is 4. The Morgan fingerprint density at radius 3 is 2.65 bits per heavy atom. The third kappa shape index (κ3) is 2.59. The SMILES string of the molecule is Cc1c(Oc2cc(F)cc(Cl)c2)ccc2c1C(O)N(C)S2(=O)=O. The summed E-state index contributed by atoms with van der Waals surface area (Å²) in [6, 6.07) is 6.58. The Balaban J connectivity index is 2.08. The number of fused-ring (bicyclic) bond motifs is 1. The molecule has 2 aromatic rings. The fraction of sp³-hybridized carbons (Fsp3) is 0.200. The average molecular weight is 358 g/mol.